The molecule has 0 amide bonds. The van der Waals surface area contributed by atoms with Crippen LogP contribution in [0.3, 0.4) is 0 Å². The highest BCUT2D eigenvalue weighted by molar-refractivity contribution is 5.69. The van der Waals surface area contributed by atoms with Crippen molar-refractivity contribution in [3.63, 3.8) is 0 Å². The zero-order valence-electron chi connectivity index (χ0n) is 9.00. The molecule has 1 saturated heterocycles. The Morgan fingerprint density at radius 3 is 2.71 bits per heavy atom. The van der Waals surface area contributed by atoms with Gasteiger partial charge in [-0.25, -0.2) is 5.32 Å². The van der Waals surface area contributed by atoms with E-state index in [4.69, 9.17) is 4.74 Å². The molecule has 0 spiro atoms. The third-order valence-corrected chi connectivity index (χ3v) is 2.50. The first-order valence-electron chi connectivity index (χ1n) is 5.65. The fourth-order valence-electron chi connectivity index (χ4n) is 1.61. The average Bonchev–Trinajstić information content (AvgIpc) is 2.20. The van der Waals surface area contributed by atoms with E-state index in [1.165, 1.54) is 0 Å². The van der Waals surface area contributed by atoms with Gasteiger partial charge in [-0.05, 0) is 19.3 Å². The molecule has 1 rings (SSSR count). The molecule has 1 aliphatic heterocycles. The molecule has 1 radical (unpaired) electrons. The van der Waals surface area contributed by atoms with Gasteiger partial charge in [0.05, 0.1) is 0 Å². The number of esters is 1. The van der Waals surface area contributed by atoms with E-state index in [1.54, 1.807) is 0 Å². The topological polar surface area (TPSA) is 40.4 Å². The van der Waals surface area contributed by atoms with E-state index < -0.39 is 0 Å². The van der Waals surface area contributed by atoms with Gasteiger partial charge in [-0.15, -0.1) is 0 Å². The van der Waals surface area contributed by atoms with Crippen LogP contribution in [0.4, 0.5) is 0 Å². The predicted molar refractivity (Wildman–Crippen MR) is 55.1 cm³/mol. The number of rotatable bonds is 5. The van der Waals surface area contributed by atoms with Gasteiger partial charge in [0.2, 0.25) is 0 Å². The summed E-state index contributed by atoms with van der Waals surface area (Å²) in [6.45, 7) is 3.84. The smallest absolute Gasteiger partial charge is 0.306 e. The van der Waals surface area contributed by atoms with Crippen LogP contribution in [0.1, 0.15) is 45.4 Å². The van der Waals surface area contributed by atoms with E-state index >= 15 is 0 Å². The molecule has 1 aliphatic rings. The first-order valence-corrected chi connectivity index (χ1v) is 5.65. The van der Waals surface area contributed by atoms with Crippen molar-refractivity contribution in [2.75, 3.05) is 13.1 Å². The molecule has 0 N–H and O–H groups in total. The van der Waals surface area contributed by atoms with Gasteiger partial charge in [0.1, 0.15) is 6.10 Å². The molecular formula is C11H20NO2. The lowest BCUT2D eigenvalue weighted by Crippen LogP contribution is -2.30. The highest BCUT2D eigenvalue weighted by atomic mass is 16.5. The van der Waals surface area contributed by atoms with Crippen LogP contribution >= 0.6 is 0 Å². The number of nitrogens with zero attached hydrogens (tertiary/aromatic N) is 1. The second-order valence-corrected chi connectivity index (χ2v) is 3.82. The fourth-order valence-corrected chi connectivity index (χ4v) is 1.61. The normalized spacial score (nSPS) is 18.1. The van der Waals surface area contributed by atoms with Gasteiger partial charge in [-0.3, -0.25) is 4.79 Å². The number of piperidine rings is 1. The lowest BCUT2D eigenvalue weighted by molar-refractivity contribution is -0.150. The fraction of sp³-hybridized carbons (Fsp3) is 0.909. The minimum absolute atomic E-state index is 0.0228. The Labute approximate surface area is 86.2 Å². The van der Waals surface area contributed by atoms with Gasteiger partial charge in [0, 0.05) is 19.5 Å². The Kier molecular flexibility index (Phi) is 5.60. The summed E-state index contributed by atoms with van der Waals surface area (Å²) in [6.07, 6.45) is 5.79. The summed E-state index contributed by atoms with van der Waals surface area (Å²) in [6, 6.07) is 0. The van der Waals surface area contributed by atoms with E-state index in [9.17, 15) is 4.79 Å². The van der Waals surface area contributed by atoms with Crippen LogP contribution in [0.15, 0.2) is 0 Å². The van der Waals surface area contributed by atoms with Crippen LogP contribution in [0.2, 0.25) is 0 Å². The molecule has 1 fully saturated rings. The van der Waals surface area contributed by atoms with Gasteiger partial charge in [-0.1, -0.05) is 19.8 Å². The minimum atomic E-state index is -0.0228. The Balaban J connectivity index is 2.06. The second-order valence-electron chi connectivity index (χ2n) is 3.82. The summed E-state index contributed by atoms with van der Waals surface area (Å²) in [5, 5.41) is 4.22. The summed E-state index contributed by atoms with van der Waals surface area (Å²) in [4.78, 5) is 11.3. The number of hydrogen-bond acceptors (Lipinski definition) is 2. The Bertz CT molecular complexity index is 165. The van der Waals surface area contributed by atoms with Crippen molar-refractivity contribution in [3.05, 3.63) is 0 Å². The van der Waals surface area contributed by atoms with Gasteiger partial charge in [-0.2, -0.15) is 0 Å². The largest absolute Gasteiger partial charge is 0.462 e. The van der Waals surface area contributed by atoms with E-state index in [2.05, 4.69) is 12.2 Å². The van der Waals surface area contributed by atoms with Gasteiger partial charge in [0.25, 0.3) is 0 Å². The third kappa shape index (κ3) is 4.61. The maximum Gasteiger partial charge on any atom is 0.306 e. The molecule has 0 aromatic heterocycles. The van der Waals surface area contributed by atoms with Crippen LogP contribution in [0.25, 0.3) is 0 Å². The van der Waals surface area contributed by atoms with Crippen molar-refractivity contribution in [3.8, 4) is 0 Å². The first kappa shape index (κ1) is 11.5. The van der Waals surface area contributed by atoms with Crippen molar-refractivity contribution in [2.24, 2.45) is 0 Å². The Morgan fingerprint density at radius 1 is 1.36 bits per heavy atom. The molecule has 0 aliphatic carbocycles. The molecule has 0 aromatic carbocycles. The van der Waals surface area contributed by atoms with Crippen LogP contribution in [-0.4, -0.2) is 25.2 Å². The highest BCUT2D eigenvalue weighted by Gasteiger charge is 2.17. The zero-order valence-corrected chi connectivity index (χ0v) is 9.00. The average molecular weight is 198 g/mol. The van der Waals surface area contributed by atoms with Gasteiger partial charge in [0.15, 0.2) is 0 Å². The molecule has 3 nitrogen and oxygen atoms in total. The van der Waals surface area contributed by atoms with Crippen molar-refractivity contribution in [1.29, 1.82) is 0 Å². The van der Waals surface area contributed by atoms with Gasteiger partial charge < -0.3 is 4.74 Å². The highest BCUT2D eigenvalue weighted by Crippen LogP contribution is 2.10. The predicted octanol–water partition coefficient (Wildman–Crippen LogP) is 1.88. The van der Waals surface area contributed by atoms with E-state index in [-0.39, 0.29) is 12.1 Å². The number of carbonyl (C=O) groups is 1. The summed E-state index contributed by atoms with van der Waals surface area (Å²) in [7, 11) is 0. The molecule has 1 heterocycles. The molecular weight excluding hydrogens is 178 g/mol. The summed E-state index contributed by atoms with van der Waals surface area (Å²) in [5.74, 6) is -0.0228. The van der Waals surface area contributed by atoms with E-state index in [0.29, 0.717) is 6.42 Å². The molecule has 0 atom stereocenters. The SMILES string of the molecule is CCCCCC(=O)OC1CC[N]CC1. The Hall–Kier alpha value is -0.570. The molecule has 81 valence electrons. The zero-order chi connectivity index (χ0) is 10.2. The number of carbonyl (C=O) groups excluding carboxylic acids is 1. The van der Waals surface area contributed by atoms with Crippen LogP contribution < -0.4 is 5.32 Å². The second kappa shape index (κ2) is 6.82. The number of ether oxygens (including phenoxy) is 1. The molecule has 0 bridgehead atoms. The molecule has 0 unspecified atom stereocenters. The lowest BCUT2D eigenvalue weighted by atomic mass is 10.1. The summed E-state index contributed by atoms with van der Waals surface area (Å²) in [5.41, 5.74) is 0. The van der Waals surface area contributed by atoms with Crippen molar-refractivity contribution >= 4 is 5.97 Å². The van der Waals surface area contributed by atoms with Crippen LogP contribution in [0.5, 0.6) is 0 Å². The molecule has 0 saturated carbocycles. The maximum atomic E-state index is 11.3. The Morgan fingerprint density at radius 2 is 2.07 bits per heavy atom. The molecule has 0 aromatic rings. The van der Waals surface area contributed by atoms with Crippen LogP contribution in [0, 0.1) is 0 Å². The third-order valence-electron chi connectivity index (χ3n) is 2.50. The molecule has 3 heteroatoms. The monoisotopic (exact) mass is 198 g/mol. The standard InChI is InChI=1S/C11H20NO2/c1-2-3-4-5-11(13)14-10-6-8-12-9-7-10/h10H,2-9H2,1H3. The van der Waals surface area contributed by atoms with E-state index in [0.717, 1.165) is 45.2 Å². The molecule has 14 heavy (non-hydrogen) atoms. The minimum Gasteiger partial charge on any atom is -0.462 e. The van der Waals surface area contributed by atoms with Crippen molar-refractivity contribution in [2.45, 2.75) is 51.6 Å². The maximum absolute atomic E-state index is 11.3. The van der Waals surface area contributed by atoms with Crippen LogP contribution in [-0.2, 0) is 9.53 Å². The van der Waals surface area contributed by atoms with E-state index in [1.807, 2.05) is 0 Å². The summed E-state index contributed by atoms with van der Waals surface area (Å²) < 4.78 is 5.34. The number of unbranched alkanes of at least 4 members (excludes halogenated alkanes) is 2. The number of hydrogen-bond donors (Lipinski definition) is 0. The van der Waals surface area contributed by atoms with Gasteiger partial charge >= 0.3 is 5.97 Å². The lowest BCUT2D eigenvalue weighted by Gasteiger charge is -2.21. The van der Waals surface area contributed by atoms with Crippen molar-refractivity contribution in [1.82, 2.24) is 5.32 Å². The first-order chi connectivity index (χ1) is 6.83. The summed E-state index contributed by atoms with van der Waals surface area (Å²) >= 11 is 0. The quantitative estimate of drug-likeness (QED) is 0.500. The van der Waals surface area contributed by atoms with Crippen molar-refractivity contribution < 1.29 is 9.53 Å².